The Hall–Kier alpha value is -3.95. The Bertz CT molecular complexity index is 1620. The van der Waals surface area contributed by atoms with Crippen LogP contribution in [0, 0.1) is 27.7 Å². The van der Waals surface area contributed by atoms with Crippen molar-refractivity contribution in [3.05, 3.63) is 82.9 Å². The Morgan fingerprint density at radius 1 is 0.686 bits per heavy atom. The van der Waals surface area contributed by atoms with Crippen molar-refractivity contribution in [1.82, 2.24) is 0 Å². The highest BCUT2D eigenvalue weighted by molar-refractivity contribution is 7.86. The average molecular weight is 488 g/mol. The largest absolute Gasteiger partial charge is 0.398 e. The van der Waals surface area contributed by atoms with E-state index in [1.807, 2.05) is 57.2 Å². The lowest BCUT2D eigenvalue weighted by Gasteiger charge is -2.08. The number of nitrogens with zero attached hydrogens (tertiary/aromatic N) is 4. The summed E-state index contributed by atoms with van der Waals surface area (Å²) < 4.78 is 32.8. The highest BCUT2D eigenvalue weighted by atomic mass is 32.2. The molecule has 3 N–H and O–H groups in total. The van der Waals surface area contributed by atoms with Crippen molar-refractivity contribution < 1.29 is 13.0 Å². The summed E-state index contributed by atoms with van der Waals surface area (Å²) in [6.07, 6.45) is 0. The van der Waals surface area contributed by atoms with Crippen LogP contribution < -0.4 is 5.73 Å². The number of nitrogen functional groups attached to an aromatic ring is 1. The lowest BCUT2D eigenvalue weighted by atomic mass is 10.0. The molecule has 8 nitrogen and oxygen atoms in total. The van der Waals surface area contributed by atoms with E-state index in [2.05, 4.69) is 20.5 Å². The van der Waals surface area contributed by atoms with Gasteiger partial charge in [-0.3, -0.25) is 4.55 Å². The molecule has 0 aliphatic carbocycles. The molecule has 35 heavy (non-hydrogen) atoms. The number of azo groups is 2. The normalized spacial score (nSPS) is 12.3. The monoisotopic (exact) mass is 487 g/mol. The number of hydrogen-bond acceptors (Lipinski definition) is 7. The molecule has 0 saturated heterocycles. The predicted molar refractivity (Wildman–Crippen MR) is 138 cm³/mol. The Kier molecular flexibility index (Phi) is 6.47. The first-order chi connectivity index (χ1) is 16.5. The number of rotatable bonds is 5. The summed E-state index contributed by atoms with van der Waals surface area (Å²) in [6, 6.07) is 17.7. The molecule has 0 bridgehead atoms. The zero-order valence-corrected chi connectivity index (χ0v) is 20.6. The van der Waals surface area contributed by atoms with Gasteiger partial charge in [-0.25, -0.2) is 0 Å². The van der Waals surface area contributed by atoms with Gasteiger partial charge in [0.2, 0.25) is 0 Å². The van der Waals surface area contributed by atoms with E-state index >= 15 is 0 Å². The van der Waals surface area contributed by atoms with Crippen molar-refractivity contribution in [1.29, 1.82) is 0 Å². The van der Waals surface area contributed by atoms with Crippen LogP contribution in [0.4, 0.5) is 28.4 Å². The van der Waals surface area contributed by atoms with Gasteiger partial charge in [0.1, 0.15) is 10.6 Å². The van der Waals surface area contributed by atoms with Crippen LogP contribution in [0.1, 0.15) is 22.3 Å². The summed E-state index contributed by atoms with van der Waals surface area (Å²) in [5, 5.41) is 19.2. The van der Waals surface area contributed by atoms with Gasteiger partial charge < -0.3 is 5.73 Å². The van der Waals surface area contributed by atoms with Gasteiger partial charge in [-0.1, -0.05) is 24.3 Å². The molecular formula is C26H25N5O3S. The van der Waals surface area contributed by atoms with Crippen LogP contribution in [0.25, 0.3) is 10.8 Å². The van der Waals surface area contributed by atoms with Crippen molar-refractivity contribution in [2.45, 2.75) is 32.6 Å². The third-order valence-corrected chi connectivity index (χ3v) is 6.60. The maximum absolute atomic E-state index is 11.7. The van der Waals surface area contributed by atoms with Crippen LogP contribution in [-0.2, 0) is 10.1 Å². The van der Waals surface area contributed by atoms with Gasteiger partial charge in [0.15, 0.2) is 0 Å². The molecule has 4 aromatic rings. The highest BCUT2D eigenvalue weighted by Gasteiger charge is 2.15. The number of anilines is 1. The quantitative estimate of drug-likeness (QED) is 0.169. The van der Waals surface area contributed by atoms with Gasteiger partial charge in [-0.15, -0.1) is 10.2 Å². The lowest BCUT2D eigenvalue weighted by molar-refractivity contribution is 0.483. The van der Waals surface area contributed by atoms with Crippen molar-refractivity contribution in [3.8, 4) is 0 Å². The molecular weight excluding hydrogens is 462 g/mol. The smallest absolute Gasteiger partial charge is 0.296 e. The van der Waals surface area contributed by atoms with Gasteiger partial charge >= 0.3 is 0 Å². The molecule has 4 aromatic carbocycles. The van der Waals surface area contributed by atoms with E-state index in [1.54, 1.807) is 25.1 Å². The molecule has 0 fully saturated rings. The van der Waals surface area contributed by atoms with Crippen molar-refractivity contribution in [2.24, 2.45) is 20.5 Å². The van der Waals surface area contributed by atoms with E-state index < -0.39 is 10.1 Å². The van der Waals surface area contributed by atoms with Crippen molar-refractivity contribution in [3.63, 3.8) is 0 Å². The zero-order chi connectivity index (χ0) is 25.3. The lowest BCUT2D eigenvalue weighted by Crippen LogP contribution is -1.98. The number of hydrogen-bond donors (Lipinski definition) is 2. The molecule has 0 aliphatic heterocycles. The minimum Gasteiger partial charge on any atom is -0.398 e. The van der Waals surface area contributed by atoms with Crippen LogP contribution in [0.15, 0.2) is 86.0 Å². The summed E-state index contributed by atoms with van der Waals surface area (Å²) >= 11 is 0. The minimum atomic E-state index is -4.42. The topological polar surface area (TPSA) is 130 Å². The Morgan fingerprint density at radius 2 is 1.29 bits per heavy atom. The minimum absolute atomic E-state index is 0.0684. The molecule has 0 saturated carbocycles. The second kappa shape index (κ2) is 9.36. The number of aryl methyl sites for hydroxylation is 4. The van der Waals surface area contributed by atoms with E-state index in [4.69, 9.17) is 5.73 Å². The fourth-order valence-electron chi connectivity index (χ4n) is 3.83. The fourth-order valence-corrected chi connectivity index (χ4v) is 4.44. The van der Waals surface area contributed by atoms with Crippen LogP contribution >= 0.6 is 0 Å². The van der Waals surface area contributed by atoms with Crippen LogP contribution in [0.5, 0.6) is 0 Å². The molecule has 0 atom stereocenters. The Morgan fingerprint density at radius 3 is 1.91 bits per heavy atom. The molecule has 0 aliphatic rings. The Labute approximate surface area is 204 Å². The fraction of sp³-hybridized carbons (Fsp3) is 0.154. The summed E-state index contributed by atoms with van der Waals surface area (Å²) in [7, 11) is -4.42. The SMILES string of the molecule is Cc1ccc(S(=O)(=O)O)c(N=Nc2cc(C)c(N=Nc3ccc(N)c4c(C)cccc34)cc2C)c1. The molecule has 0 radical (unpaired) electrons. The van der Waals surface area contributed by atoms with Gasteiger partial charge in [0.25, 0.3) is 10.1 Å². The summed E-state index contributed by atoms with van der Waals surface area (Å²) in [4.78, 5) is -0.294. The first-order valence-corrected chi connectivity index (χ1v) is 12.3. The first-order valence-electron chi connectivity index (χ1n) is 10.9. The molecule has 0 heterocycles. The van der Waals surface area contributed by atoms with Gasteiger partial charge in [0.05, 0.1) is 17.1 Å². The third-order valence-electron chi connectivity index (χ3n) is 5.70. The van der Waals surface area contributed by atoms with E-state index in [-0.39, 0.29) is 10.6 Å². The van der Waals surface area contributed by atoms with E-state index in [9.17, 15) is 13.0 Å². The summed E-state index contributed by atoms with van der Waals surface area (Å²) in [6.45, 7) is 7.55. The van der Waals surface area contributed by atoms with Crippen LogP contribution in [0.3, 0.4) is 0 Å². The first kappa shape index (κ1) is 24.2. The van der Waals surface area contributed by atoms with Gasteiger partial charge in [-0.2, -0.15) is 18.6 Å². The third kappa shape index (κ3) is 5.11. The summed E-state index contributed by atoms with van der Waals surface area (Å²) in [5.74, 6) is 0. The molecule has 0 spiro atoms. The standard InChI is InChI=1S/C26H25N5O3S/c1-15-8-11-25(35(32,33)34)24(12-15)31-30-23-14-17(3)22(13-18(23)4)29-28-21-10-9-20(27)26-16(2)6-5-7-19(21)26/h5-14H,27H2,1-4H3,(H,32,33,34). The molecule has 0 amide bonds. The maximum Gasteiger partial charge on any atom is 0.296 e. The molecule has 178 valence electrons. The second-order valence-electron chi connectivity index (χ2n) is 8.44. The van der Waals surface area contributed by atoms with E-state index in [0.717, 1.165) is 38.7 Å². The van der Waals surface area contributed by atoms with Crippen LogP contribution in [-0.4, -0.2) is 13.0 Å². The number of benzene rings is 4. The highest BCUT2D eigenvalue weighted by Crippen LogP contribution is 2.35. The molecule has 0 unspecified atom stereocenters. The Balaban J connectivity index is 1.68. The molecule has 4 rings (SSSR count). The number of fused-ring (bicyclic) bond motifs is 1. The maximum atomic E-state index is 11.7. The second-order valence-corrected chi connectivity index (χ2v) is 9.83. The molecule has 9 heteroatoms. The van der Waals surface area contributed by atoms with Crippen molar-refractivity contribution >= 4 is 49.3 Å². The predicted octanol–water partition coefficient (Wildman–Crippen LogP) is 7.73. The van der Waals surface area contributed by atoms with E-state index in [0.29, 0.717) is 17.1 Å². The average Bonchev–Trinajstić information content (AvgIpc) is 2.78. The van der Waals surface area contributed by atoms with Crippen molar-refractivity contribution in [2.75, 3.05) is 5.73 Å². The number of nitrogens with two attached hydrogens (primary N) is 1. The summed E-state index contributed by atoms with van der Waals surface area (Å²) in [5.41, 5.74) is 12.4. The van der Waals surface area contributed by atoms with Crippen LogP contribution in [0.2, 0.25) is 0 Å². The van der Waals surface area contributed by atoms with Gasteiger partial charge in [-0.05, 0) is 86.3 Å². The molecule has 0 aromatic heterocycles. The van der Waals surface area contributed by atoms with E-state index in [1.165, 1.54) is 6.07 Å². The zero-order valence-electron chi connectivity index (χ0n) is 19.8. The van der Waals surface area contributed by atoms with Gasteiger partial charge in [0, 0.05) is 16.5 Å².